The topological polar surface area (TPSA) is 70.8 Å². The maximum absolute atomic E-state index is 11.3. The smallest absolute Gasteiger partial charge is 0.314 e. The van der Waals surface area contributed by atoms with E-state index in [1.165, 1.54) is 19.2 Å². The fourth-order valence-corrected chi connectivity index (χ4v) is 2.38. The van der Waals surface area contributed by atoms with E-state index in [-0.39, 0.29) is 18.0 Å². The van der Waals surface area contributed by atoms with Crippen LogP contribution in [0.3, 0.4) is 0 Å². The quantitative estimate of drug-likeness (QED) is 0.444. The van der Waals surface area contributed by atoms with Crippen molar-refractivity contribution in [2.24, 2.45) is 0 Å². The third-order valence-electron chi connectivity index (χ3n) is 3.69. The average Bonchev–Trinajstić information content (AvgIpc) is 2.68. The van der Waals surface area contributed by atoms with Gasteiger partial charge in [0.15, 0.2) is 5.75 Å². The molecule has 0 bridgehead atoms. The van der Waals surface area contributed by atoms with Gasteiger partial charge in [-0.2, -0.15) is 0 Å². The lowest BCUT2D eigenvalue weighted by atomic mass is 10.2. The van der Waals surface area contributed by atoms with Gasteiger partial charge in [-0.15, -0.1) is 0 Å². The fraction of sp³-hybridized carbons (Fsp3) is 0.100. The summed E-state index contributed by atoms with van der Waals surface area (Å²) in [7, 11) is 1.46. The van der Waals surface area contributed by atoms with Crippen molar-refractivity contribution in [3.8, 4) is 23.0 Å². The Kier molecular flexibility index (Phi) is 5.34. The van der Waals surface area contributed by atoms with Gasteiger partial charge >= 0.3 is 5.69 Å². The largest absolute Gasteiger partial charge is 0.496 e. The zero-order valence-corrected chi connectivity index (χ0v) is 14.1. The highest BCUT2D eigenvalue weighted by Gasteiger charge is 2.17. The highest BCUT2D eigenvalue weighted by atomic mass is 16.6. The number of hydrogen-bond acceptors (Lipinski definition) is 5. The number of ether oxygens (including phenoxy) is 3. The molecule has 0 aliphatic heterocycles. The van der Waals surface area contributed by atoms with Crippen molar-refractivity contribution in [3.05, 3.63) is 88.5 Å². The molecule has 3 aromatic carbocycles. The summed E-state index contributed by atoms with van der Waals surface area (Å²) in [6.45, 7) is 0.135. The summed E-state index contributed by atoms with van der Waals surface area (Å²) in [5.41, 5.74) is 0.632. The van der Waals surface area contributed by atoms with E-state index in [0.29, 0.717) is 17.2 Å². The molecule has 6 heteroatoms. The van der Waals surface area contributed by atoms with E-state index >= 15 is 0 Å². The van der Waals surface area contributed by atoms with Gasteiger partial charge in [0.1, 0.15) is 23.9 Å². The zero-order chi connectivity index (χ0) is 18.4. The van der Waals surface area contributed by atoms with Crippen LogP contribution in [0.25, 0.3) is 0 Å². The zero-order valence-electron chi connectivity index (χ0n) is 14.1. The van der Waals surface area contributed by atoms with Crippen molar-refractivity contribution >= 4 is 5.69 Å². The van der Waals surface area contributed by atoms with Gasteiger partial charge in [-0.3, -0.25) is 10.1 Å². The van der Waals surface area contributed by atoms with E-state index in [0.717, 1.165) is 5.56 Å². The standard InChI is InChI=1S/C20H17NO5/c1-24-17-11-12-20(18(13-17)21(22)23)25-14-15-7-5-6-10-19(15)26-16-8-3-2-4-9-16/h2-13H,14H2,1H3. The molecule has 0 aliphatic carbocycles. The summed E-state index contributed by atoms with van der Waals surface area (Å²) >= 11 is 0. The van der Waals surface area contributed by atoms with Gasteiger partial charge in [0.25, 0.3) is 0 Å². The maximum Gasteiger partial charge on any atom is 0.314 e. The third-order valence-corrected chi connectivity index (χ3v) is 3.69. The molecule has 0 unspecified atom stereocenters. The average molecular weight is 351 g/mol. The van der Waals surface area contributed by atoms with Gasteiger partial charge in [0, 0.05) is 5.56 Å². The van der Waals surface area contributed by atoms with Crippen molar-refractivity contribution in [1.29, 1.82) is 0 Å². The van der Waals surface area contributed by atoms with Crippen LogP contribution in [0.4, 0.5) is 5.69 Å². The molecule has 0 aliphatic rings. The molecule has 0 amide bonds. The molecule has 3 rings (SSSR count). The molecule has 3 aromatic rings. The van der Waals surface area contributed by atoms with Gasteiger partial charge < -0.3 is 14.2 Å². The van der Waals surface area contributed by atoms with Gasteiger partial charge in [-0.05, 0) is 30.3 Å². The lowest BCUT2D eigenvalue weighted by Gasteiger charge is -2.12. The number of rotatable bonds is 7. The van der Waals surface area contributed by atoms with Crippen LogP contribution in [-0.4, -0.2) is 12.0 Å². The van der Waals surface area contributed by atoms with Crippen molar-refractivity contribution in [1.82, 2.24) is 0 Å². The Hall–Kier alpha value is -3.54. The summed E-state index contributed by atoms with van der Waals surface area (Å²) in [6.07, 6.45) is 0. The number of benzene rings is 3. The number of nitro groups is 1. The van der Waals surface area contributed by atoms with Crippen LogP contribution >= 0.6 is 0 Å². The third kappa shape index (κ3) is 4.10. The van der Waals surface area contributed by atoms with Crippen LogP contribution < -0.4 is 14.2 Å². The van der Waals surface area contributed by atoms with Crippen LogP contribution in [0.15, 0.2) is 72.8 Å². The highest BCUT2D eigenvalue weighted by molar-refractivity contribution is 5.51. The molecular weight excluding hydrogens is 334 g/mol. The molecular formula is C20H17NO5. The second kappa shape index (κ2) is 8.02. The summed E-state index contributed by atoms with van der Waals surface area (Å²) < 4.78 is 16.6. The number of nitro benzene ring substituents is 1. The van der Waals surface area contributed by atoms with Gasteiger partial charge in [0.2, 0.25) is 0 Å². The van der Waals surface area contributed by atoms with E-state index in [9.17, 15) is 10.1 Å². The summed E-state index contributed by atoms with van der Waals surface area (Å²) in [5, 5.41) is 11.3. The van der Waals surface area contributed by atoms with Crippen molar-refractivity contribution < 1.29 is 19.1 Å². The molecule has 132 valence electrons. The molecule has 0 N–H and O–H groups in total. The molecule has 0 radical (unpaired) electrons. The van der Waals surface area contributed by atoms with Crippen LogP contribution in [0.2, 0.25) is 0 Å². The predicted octanol–water partition coefficient (Wildman–Crippen LogP) is 4.97. The highest BCUT2D eigenvalue weighted by Crippen LogP contribution is 2.33. The number of nitrogens with zero attached hydrogens (tertiary/aromatic N) is 1. The number of para-hydroxylation sites is 2. The van der Waals surface area contributed by atoms with Crippen molar-refractivity contribution in [2.45, 2.75) is 6.61 Å². The minimum absolute atomic E-state index is 0.135. The fourth-order valence-electron chi connectivity index (χ4n) is 2.38. The molecule has 0 fully saturated rings. The Labute approximate surface area is 150 Å². The lowest BCUT2D eigenvalue weighted by Crippen LogP contribution is -2.01. The van der Waals surface area contributed by atoms with Crippen LogP contribution in [-0.2, 0) is 6.61 Å². The van der Waals surface area contributed by atoms with E-state index in [1.54, 1.807) is 6.07 Å². The molecule has 0 atom stereocenters. The van der Waals surface area contributed by atoms with Crippen LogP contribution in [0.1, 0.15) is 5.56 Å². The summed E-state index contributed by atoms with van der Waals surface area (Å²) in [4.78, 5) is 10.8. The molecule has 0 spiro atoms. The van der Waals surface area contributed by atoms with Crippen molar-refractivity contribution in [3.63, 3.8) is 0 Å². The number of hydrogen-bond donors (Lipinski definition) is 0. The Morgan fingerprint density at radius 2 is 1.62 bits per heavy atom. The van der Waals surface area contributed by atoms with Crippen LogP contribution in [0, 0.1) is 10.1 Å². The molecule has 0 saturated heterocycles. The van der Waals surface area contributed by atoms with E-state index in [1.807, 2.05) is 54.6 Å². The van der Waals surface area contributed by atoms with Crippen molar-refractivity contribution in [2.75, 3.05) is 7.11 Å². The Morgan fingerprint density at radius 1 is 0.885 bits per heavy atom. The Bertz CT molecular complexity index is 896. The number of methoxy groups -OCH3 is 1. The monoisotopic (exact) mass is 351 g/mol. The second-order valence-corrected chi connectivity index (χ2v) is 5.40. The Balaban J connectivity index is 1.79. The van der Waals surface area contributed by atoms with E-state index in [4.69, 9.17) is 14.2 Å². The molecule has 26 heavy (non-hydrogen) atoms. The summed E-state index contributed by atoms with van der Waals surface area (Å²) in [5.74, 6) is 1.91. The first-order chi connectivity index (χ1) is 12.7. The second-order valence-electron chi connectivity index (χ2n) is 5.40. The van der Waals surface area contributed by atoms with E-state index in [2.05, 4.69) is 0 Å². The van der Waals surface area contributed by atoms with E-state index < -0.39 is 4.92 Å². The molecule has 0 saturated carbocycles. The van der Waals surface area contributed by atoms with Gasteiger partial charge in [0.05, 0.1) is 18.1 Å². The molecule has 6 nitrogen and oxygen atoms in total. The minimum Gasteiger partial charge on any atom is -0.496 e. The minimum atomic E-state index is -0.496. The first-order valence-corrected chi connectivity index (χ1v) is 7.93. The summed E-state index contributed by atoms with van der Waals surface area (Å²) in [6, 6.07) is 21.3. The predicted molar refractivity (Wildman–Crippen MR) is 96.9 cm³/mol. The molecule has 0 heterocycles. The van der Waals surface area contributed by atoms with Gasteiger partial charge in [-0.25, -0.2) is 0 Å². The first-order valence-electron chi connectivity index (χ1n) is 7.93. The lowest BCUT2D eigenvalue weighted by molar-refractivity contribution is -0.386. The SMILES string of the molecule is COc1ccc(OCc2ccccc2Oc2ccccc2)c([N+](=O)[O-])c1. The Morgan fingerprint density at radius 3 is 2.35 bits per heavy atom. The first kappa shape index (κ1) is 17.3. The van der Waals surface area contributed by atoms with Gasteiger partial charge in [-0.1, -0.05) is 36.4 Å². The molecule has 0 aromatic heterocycles. The maximum atomic E-state index is 11.3. The normalized spacial score (nSPS) is 10.2. The van der Waals surface area contributed by atoms with Crippen LogP contribution in [0.5, 0.6) is 23.0 Å².